The lowest BCUT2D eigenvalue weighted by molar-refractivity contribution is 0.401. The van der Waals surface area contributed by atoms with Crippen molar-refractivity contribution in [2.45, 2.75) is 38.3 Å². The standard InChI is InChI=1S/C11H19NS/c1-9-7-13-8-11(9)12-10-5-3-2-4-6-10/h3,5,9-12H,2,4,6-8H2,1H3. The lowest BCUT2D eigenvalue weighted by Crippen LogP contribution is -2.41. The number of allylic oxidation sites excluding steroid dienone is 1. The van der Waals surface area contributed by atoms with Gasteiger partial charge in [0.2, 0.25) is 0 Å². The third kappa shape index (κ3) is 2.50. The topological polar surface area (TPSA) is 12.0 Å². The largest absolute Gasteiger partial charge is 0.307 e. The van der Waals surface area contributed by atoms with Gasteiger partial charge in [0.15, 0.2) is 0 Å². The molecule has 1 heterocycles. The summed E-state index contributed by atoms with van der Waals surface area (Å²) in [7, 11) is 0. The van der Waals surface area contributed by atoms with Gasteiger partial charge in [-0.2, -0.15) is 11.8 Å². The van der Waals surface area contributed by atoms with E-state index in [1.165, 1.54) is 30.8 Å². The highest BCUT2D eigenvalue weighted by atomic mass is 32.2. The highest BCUT2D eigenvalue weighted by molar-refractivity contribution is 7.99. The maximum atomic E-state index is 3.76. The number of thioether (sulfide) groups is 1. The molecular formula is C11H19NS. The summed E-state index contributed by atoms with van der Waals surface area (Å²) in [6.45, 7) is 2.37. The minimum Gasteiger partial charge on any atom is -0.307 e. The van der Waals surface area contributed by atoms with Crippen LogP contribution in [0.3, 0.4) is 0 Å². The van der Waals surface area contributed by atoms with E-state index in [1.54, 1.807) is 0 Å². The smallest absolute Gasteiger partial charge is 0.0253 e. The molecule has 2 rings (SSSR count). The van der Waals surface area contributed by atoms with Crippen molar-refractivity contribution in [3.63, 3.8) is 0 Å². The molecule has 0 bridgehead atoms. The SMILES string of the molecule is CC1CSCC1NC1C=CCCC1. The maximum absolute atomic E-state index is 3.76. The second-order valence-corrected chi connectivity index (χ2v) is 5.33. The Balaban J connectivity index is 1.82. The number of nitrogens with one attached hydrogen (secondary N) is 1. The van der Waals surface area contributed by atoms with Gasteiger partial charge in [-0.15, -0.1) is 0 Å². The third-order valence-corrected chi connectivity index (χ3v) is 4.40. The van der Waals surface area contributed by atoms with Gasteiger partial charge in [-0.05, 0) is 30.9 Å². The molecule has 1 aliphatic carbocycles. The van der Waals surface area contributed by atoms with Gasteiger partial charge in [0.1, 0.15) is 0 Å². The van der Waals surface area contributed by atoms with E-state index < -0.39 is 0 Å². The van der Waals surface area contributed by atoms with Crippen molar-refractivity contribution in [3.8, 4) is 0 Å². The van der Waals surface area contributed by atoms with E-state index in [4.69, 9.17) is 0 Å². The van der Waals surface area contributed by atoms with Gasteiger partial charge in [0, 0.05) is 17.8 Å². The second kappa shape index (κ2) is 4.52. The van der Waals surface area contributed by atoms with Crippen LogP contribution in [0.4, 0.5) is 0 Å². The summed E-state index contributed by atoms with van der Waals surface area (Å²) in [5, 5.41) is 3.76. The first kappa shape index (κ1) is 9.60. The van der Waals surface area contributed by atoms with Crippen molar-refractivity contribution in [1.82, 2.24) is 5.32 Å². The van der Waals surface area contributed by atoms with Gasteiger partial charge in [-0.25, -0.2) is 0 Å². The van der Waals surface area contributed by atoms with Crippen LogP contribution in [0.25, 0.3) is 0 Å². The first-order chi connectivity index (χ1) is 6.36. The predicted molar refractivity (Wildman–Crippen MR) is 60.2 cm³/mol. The fourth-order valence-corrected chi connectivity index (χ4v) is 3.52. The molecule has 1 nitrogen and oxygen atoms in total. The monoisotopic (exact) mass is 197 g/mol. The Labute approximate surface area is 85.4 Å². The van der Waals surface area contributed by atoms with Crippen LogP contribution in [0, 0.1) is 5.92 Å². The predicted octanol–water partition coefficient (Wildman–Crippen LogP) is 2.44. The van der Waals surface area contributed by atoms with Gasteiger partial charge in [0.05, 0.1) is 0 Å². The van der Waals surface area contributed by atoms with E-state index in [0.29, 0.717) is 6.04 Å². The third-order valence-electron chi connectivity index (χ3n) is 3.05. The lowest BCUT2D eigenvalue weighted by Gasteiger charge is -2.24. The van der Waals surface area contributed by atoms with Crippen LogP contribution in [0.5, 0.6) is 0 Å². The zero-order valence-electron chi connectivity index (χ0n) is 8.33. The van der Waals surface area contributed by atoms with Crippen LogP contribution < -0.4 is 5.32 Å². The molecule has 0 radical (unpaired) electrons. The van der Waals surface area contributed by atoms with Gasteiger partial charge in [-0.1, -0.05) is 19.1 Å². The van der Waals surface area contributed by atoms with Crippen LogP contribution in [0.15, 0.2) is 12.2 Å². The summed E-state index contributed by atoms with van der Waals surface area (Å²) in [6, 6.07) is 1.43. The summed E-state index contributed by atoms with van der Waals surface area (Å²) < 4.78 is 0. The fourth-order valence-electron chi connectivity index (χ4n) is 2.10. The molecule has 1 saturated heterocycles. The molecule has 1 N–H and O–H groups in total. The minimum atomic E-state index is 0.667. The van der Waals surface area contributed by atoms with Crippen molar-refractivity contribution in [3.05, 3.63) is 12.2 Å². The lowest BCUT2D eigenvalue weighted by atomic mass is 9.99. The number of hydrogen-bond acceptors (Lipinski definition) is 2. The van der Waals surface area contributed by atoms with E-state index in [2.05, 4.69) is 36.2 Å². The first-order valence-corrected chi connectivity index (χ1v) is 6.52. The maximum Gasteiger partial charge on any atom is 0.0253 e. The summed E-state index contributed by atoms with van der Waals surface area (Å²) >= 11 is 2.09. The average Bonchev–Trinajstić information content (AvgIpc) is 2.54. The minimum absolute atomic E-state index is 0.667. The number of rotatable bonds is 2. The summed E-state index contributed by atoms with van der Waals surface area (Å²) in [5.74, 6) is 3.51. The van der Waals surface area contributed by atoms with Gasteiger partial charge in [0.25, 0.3) is 0 Å². The second-order valence-electron chi connectivity index (χ2n) is 4.25. The average molecular weight is 197 g/mol. The van der Waals surface area contributed by atoms with Crippen molar-refractivity contribution in [1.29, 1.82) is 0 Å². The molecule has 3 atom stereocenters. The summed E-state index contributed by atoms with van der Waals surface area (Å²) in [4.78, 5) is 0. The quantitative estimate of drug-likeness (QED) is 0.682. The highest BCUT2D eigenvalue weighted by Gasteiger charge is 2.25. The Hall–Kier alpha value is 0.0500. The Bertz CT molecular complexity index is 191. The molecule has 74 valence electrons. The molecule has 3 unspecified atom stereocenters. The molecule has 0 aromatic rings. The Kier molecular flexibility index (Phi) is 3.33. The van der Waals surface area contributed by atoms with E-state index in [0.717, 1.165) is 12.0 Å². The molecule has 2 heteroatoms. The molecule has 0 aromatic carbocycles. The van der Waals surface area contributed by atoms with Crippen molar-refractivity contribution >= 4 is 11.8 Å². The number of hydrogen-bond donors (Lipinski definition) is 1. The van der Waals surface area contributed by atoms with Gasteiger partial charge < -0.3 is 5.32 Å². The van der Waals surface area contributed by atoms with E-state index in [-0.39, 0.29) is 0 Å². The zero-order chi connectivity index (χ0) is 9.10. The zero-order valence-corrected chi connectivity index (χ0v) is 9.15. The van der Waals surface area contributed by atoms with Gasteiger partial charge >= 0.3 is 0 Å². The van der Waals surface area contributed by atoms with Crippen molar-refractivity contribution in [2.24, 2.45) is 5.92 Å². The van der Waals surface area contributed by atoms with Crippen molar-refractivity contribution in [2.75, 3.05) is 11.5 Å². The van der Waals surface area contributed by atoms with Crippen LogP contribution in [0.2, 0.25) is 0 Å². The molecule has 1 aliphatic heterocycles. The Morgan fingerprint density at radius 1 is 1.38 bits per heavy atom. The molecule has 0 aromatic heterocycles. The van der Waals surface area contributed by atoms with Crippen LogP contribution in [-0.2, 0) is 0 Å². The van der Waals surface area contributed by atoms with Crippen LogP contribution in [-0.4, -0.2) is 23.6 Å². The van der Waals surface area contributed by atoms with Gasteiger partial charge in [-0.3, -0.25) is 0 Å². The molecule has 2 aliphatic rings. The van der Waals surface area contributed by atoms with E-state index in [1.807, 2.05) is 0 Å². The summed E-state index contributed by atoms with van der Waals surface area (Å²) in [5.41, 5.74) is 0. The summed E-state index contributed by atoms with van der Waals surface area (Å²) in [6.07, 6.45) is 8.67. The molecule has 1 fully saturated rings. The van der Waals surface area contributed by atoms with E-state index >= 15 is 0 Å². The van der Waals surface area contributed by atoms with Crippen LogP contribution in [0.1, 0.15) is 26.2 Å². The molecule has 0 saturated carbocycles. The Morgan fingerprint density at radius 3 is 2.92 bits per heavy atom. The van der Waals surface area contributed by atoms with Crippen molar-refractivity contribution < 1.29 is 0 Å². The molecule has 13 heavy (non-hydrogen) atoms. The normalized spacial score (nSPS) is 39.6. The fraction of sp³-hybridized carbons (Fsp3) is 0.818. The van der Waals surface area contributed by atoms with Crippen LogP contribution >= 0.6 is 11.8 Å². The molecular weight excluding hydrogens is 178 g/mol. The molecule has 0 spiro atoms. The Morgan fingerprint density at radius 2 is 2.31 bits per heavy atom. The molecule has 0 amide bonds. The van der Waals surface area contributed by atoms with E-state index in [9.17, 15) is 0 Å². The first-order valence-electron chi connectivity index (χ1n) is 5.37. The highest BCUT2D eigenvalue weighted by Crippen LogP contribution is 2.24.